The molecule has 30 heavy (non-hydrogen) atoms. The van der Waals surface area contributed by atoms with Crippen LogP contribution in [0.15, 0.2) is 0 Å². The number of carbonyl (C=O) groups is 2. The fourth-order valence-corrected chi connectivity index (χ4v) is 6.00. The van der Waals surface area contributed by atoms with Crippen LogP contribution in [0.5, 0.6) is 0 Å². The van der Waals surface area contributed by atoms with Gasteiger partial charge in [-0.25, -0.2) is 18.5 Å². The van der Waals surface area contributed by atoms with E-state index in [-0.39, 0.29) is 13.0 Å². The molecule has 0 aromatic rings. The zero-order valence-electron chi connectivity index (χ0n) is 14.9. The van der Waals surface area contributed by atoms with Crippen LogP contribution in [0.2, 0.25) is 0 Å². The van der Waals surface area contributed by atoms with Crippen molar-refractivity contribution in [1.82, 2.24) is 10.2 Å². The van der Waals surface area contributed by atoms with E-state index in [4.69, 9.17) is 31.0 Å². The normalized spacial score (nSPS) is 34.4. The highest BCUT2D eigenvalue weighted by Crippen LogP contribution is 2.66. The third-order valence-electron chi connectivity index (χ3n) is 3.90. The van der Waals surface area contributed by atoms with Crippen LogP contribution in [-0.2, 0) is 36.4 Å². The number of amides is 3. The molecule has 6 N–H and O–H groups in total. The summed E-state index contributed by atoms with van der Waals surface area (Å²) in [5.74, 6) is -0.532. The van der Waals surface area contributed by atoms with Gasteiger partial charge in [0.15, 0.2) is 6.23 Å². The zero-order chi connectivity index (χ0) is 23.1. The highest BCUT2D eigenvalue weighted by Gasteiger charge is 2.56. The number of carbonyl (C=O) groups excluding carboxylic acids is 2. The van der Waals surface area contributed by atoms with E-state index in [9.17, 15) is 33.3 Å². The Morgan fingerprint density at radius 3 is 2.33 bits per heavy atom. The lowest BCUT2D eigenvalue weighted by atomic mass is 10.00. The molecular weight excluding hydrogens is 500 g/mol. The van der Waals surface area contributed by atoms with Gasteiger partial charge in [0.25, 0.3) is 0 Å². The minimum atomic E-state index is -5.71. The van der Waals surface area contributed by atoms with Crippen LogP contribution in [0.3, 0.4) is 0 Å². The monoisotopic (exact) mass is 518 g/mol. The first-order valence-corrected chi connectivity index (χ1v) is 12.7. The van der Waals surface area contributed by atoms with E-state index in [0.29, 0.717) is 0 Å². The number of imide groups is 1. The lowest BCUT2D eigenvalue weighted by Crippen LogP contribution is -2.58. The van der Waals surface area contributed by atoms with Crippen molar-refractivity contribution in [2.75, 3.05) is 13.2 Å². The van der Waals surface area contributed by atoms with Gasteiger partial charge < -0.3 is 29.4 Å². The smallest absolute Gasteiger partial charge is 0.388 e. The predicted octanol–water partition coefficient (Wildman–Crippen LogP) is -0.645. The molecule has 20 heteroatoms. The first-order chi connectivity index (χ1) is 13.4. The van der Waals surface area contributed by atoms with Crippen LogP contribution in [-0.4, -0.2) is 78.0 Å². The average molecular weight is 519 g/mol. The maximum Gasteiger partial charge on any atom is 0.490 e. The minimum Gasteiger partial charge on any atom is -0.388 e. The highest BCUT2D eigenvalue weighted by molar-refractivity contribution is 7.66. The Morgan fingerprint density at radius 2 is 1.80 bits per heavy atom. The number of urea groups is 1. The van der Waals surface area contributed by atoms with Crippen molar-refractivity contribution in [3.05, 3.63) is 0 Å². The molecule has 6 atom stereocenters. The Labute approximate surface area is 173 Å². The molecule has 2 aliphatic heterocycles. The largest absolute Gasteiger partial charge is 0.490 e. The summed E-state index contributed by atoms with van der Waals surface area (Å²) in [6.45, 7) is 0.240. The van der Waals surface area contributed by atoms with Gasteiger partial charge in [0.1, 0.15) is 17.1 Å². The topological polar surface area (TPSA) is 239 Å². The summed E-state index contributed by atoms with van der Waals surface area (Å²) in [5, 5.41) is 12.4. The molecular formula is C10H18ClN2O14P3. The van der Waals surface area contributed by atoms with E-state index in [0.717, 1.165) is 4.90 Å². The number of ether oxygens (including phenoxy) is 1. The van der Waals surface area contributed by atoms with E-state index in [1.807, 2.05) is 5.32 Å². The maximum absolute atomic E-state index is 12.0. The average Bonchev–Trinajstić information content (AvgIpc) is 2.73. The summed E-state index contributed by atoms with van der Waals surface area (Å²) in [6.07, 6.45) is -4.41. The van der Waals surface area contributed by atoms with Gasteiger partial charge in [-0.15, -0.1) is 11.6 Å². The van der Waals surface area contributed by atoms with Gasteiger partial charge >= 0.3 is 29.5 Å². The zero-order valence-corrected chi connectivity index (χ0v) is 18.4. The van der Waals surface area contributed by atoms with Gasteiger partial charge in [-0.3, -0.25) is 19.5 Å². The number of hydrogen-bond donors (Lipinski definition) is 6. The molecule has 0 aromatic carbocycles. The number of aliphatic hydroxyl groups excluding tert-OH is 1. The van der Waals surface area contributed by atoms with Crippen LogP contribution in [0, 0.1) is 0 Å². The van der Waals surface area contributed by atoms with E-state index >= 15 is 0 Å². The number of nitrogens with zero attached hydrogens (tertiary/aromatic N) is 1. The quantitative estimate of drug-likeness (QED) is 0.173. The van der Waals surface area contributed by atoms with Gasteiger partial charge in [-0.05, 0) is 6.92 Å². The van der Waals surface area contributed by atoms with Gasteiger partial charge in [0.05, 0.1) is 6.61 Å². The summed E-state index contributed by atoms with van der Waals surface area (Å²) < 4.78 is 50.6. The number of halogens is 1. The molecule has 0 aromatic heterocycles. The fraction of sp³-hybridized carbons (Fsp3) is 0.800. The molecule has 2 saturated heterocycles. The molecule has 2 heterocycles. The number of nitrogens with one attached hydrogen (secondary N) is 1. The summed E-state index contributed by atoms with van der Waals surface area (Å²) in [5.41, 5.74) is 0. The number of alkyl halides is 1. The van der Waals surface area contributed by atoms with Crippen molar-refractivity contribution < 1.29 is 65.8 Å². The molecule has 16 nitrogen and oxygen atoms in total. The number of phosphoric ester groups is 1. The molecule has 174 valence electrons. The molecule has 3 amide bonds. The van der Waals surface area contributed by atoms with Gasteiger partial charge in [-0.2, -0.15) is 8.62 Å². The molecule has 0 radical (unpaired) electrons. The van der Waals surface area contributed by atoms with Gasteiger partial charge in [-0.1, -0.05) is 0 Å². The van der Waals surface area contributed by atoms with Crippen molar-refractivity contribution in [1.29, 1.82) is 0 Å². The molecule has 2 aliphatic rings. The van der Waals surface area contributed by atoms with Gasteiger partial charge in [0, 0.05) is 13.0 Å². The van der Waals surface area contributed by atoms with Crippen LogP contribution >= 0.6 is 35.1 Å². The lowest BCUT2D eigenvalue weighted by molar-refractivity contribution is -0.124. The number of hydrogen-bond acceptors (Lipinski definition) is 10. The third-order valence-corrected chi connectivity index (χ3v) is 8.12. The maximum atomic E-state index is 12.0. The number of aliphatic hydroxyl groups is 1. The van der Waals surface area contributed by atoms with E-state index in [2.05, 4.69) is 13.1 Å². The Hall–Kier alpha value is -0.440. The summed E-state index contributed by atoms with van der Waals surface area (Å²) in [7, 11) is -16.7. The standard InChI is InChI=1S/C10H18ClN2O14P3/c1-10(11)7(15)5(25-8(10)13-3-2-6(14)12-9(13)16)4-24-29(20,21)27-30(22,23)26-28(17,18)19/h5,7-8,15H,2-4H2,1H3,(H,20,21)(H,22,23)(H,12,14,16)(H2,17,18,19)/t5-,7-,8-,10-/m1/s1. The molecule has 0 bridgehead atoms. The Morgan fingerprint density at radius 1 is 1.20 bits per heavy atom. The van der Waals surface area contributed by atoms with E-state index in [1.54, 1.807) is 0 Å². The minimum absolute atomic E-state index is 0.0686. The summed E-state index contributed by atoms with van der Waals surface area (Å²) in [4.78, 5) is 58.1. The van der Waals surface area contributed by atoms with Crippen molar-refractivity contribution in [3.8, 4) is 0 Å². The summed E-state index contributed by atoms with van der Waals surface area (Å²) in [6, 6.07) is -0.844. The number of phosphoric acid groups is 3. The highest BCUT2D eigenvalue weighted by atomic mass is 35.5. The van der Waals surface area contributed by atoms with Crippen LogP contribution < -0.4 is 5.32 Å². The molecule has 0 saturated carbocycles. The Bertz CT molecular complexity index is 846. The fourth-order valence-electron chi connectivity index (χ4n) is 2.66. The SMILES string of the molecule is C[C@@]1(Cl)[C@H](O)[C@@H](COP(=O)(O)OP(=O)(O)OP(=O)(O)O)O[C@H]1N1CCC(=O)NC1=O. The first kappa shape index (κ1) is 25.8. The molecule has 2 unspecified atom stereocenters. The summed E-state index contributed by atoms with van der Waals surface area (Å²) >= 11 is 6.25. The van der Waals surface area contributed by atoms with Crippen molar-refractivity contribution in [2.45, 2.75) is 36.7 Å². The predicted molar refractivity (Wildman–Crippen MR) is 93.6 cm³/mol. The van der Waals surface area contributed by atoms with Crippen molar-refractivity contribution in [3.63, 3.8) is 0 Å². The van der Waals surface area contributed by atoms with E-state index in [1.165, 1.54) is 6.92 Å². The van der Waals surface area contributed by atoms with Crippen molar-refractivity contribution >= 4 is 47.0 Å². The second-order valence-electron chi connectivity index (χ2n) is 6.31. The second kappa shape index (κ2) is 8.83. The van der Waals surface area contributed by atoms with Crippen LogP contribution in [0.1, 0.15) is 13.3 Å². The molecule has 0 aliphatic carbocycles. The third kappa shape index (κ3) is 6.53. The second-order valence-corrected chi connectivity index (χ2v) is 11.5. The Balaban J connectivity index is 2.04. The van der Waals surface area contributed by atoms with Crippen LogP contribution in [0.4, 0.5) is 4.79 Å². The first-order valence-electron chi connectivity index (χ1n) is 7.85. The molecule has 2 fully saturated rings. The number of rotatable bonds is 8. The van der Waals surface area contributed by atoms with Crippen molar-refractivity contribution in [2.24, 2.45) is 0 Å². The van der Waals surface area contributed by atoms with Gasteiger partial charge in [0.2, 0.25) is 5.91 Å². The Kier molecular flexibility index (Phi) is 7.60. The van der Waals surface area contributed by atoms with Crippen LogP contribution in [0.25, 0.3) is 0 Å². The van der Waals surface area contributed by atoms with E-state index < -0.39 is 65.3 Å². The lowest BCUT2D eigenvalue weighted by Gasteiger charge is -2.36. The molecule has 2 rings (SSSR count). The molecule has 0 spiro atoms.